The molecule has 0 heterocycles. The van der Waals surface area contributed by atoms with Crippen LogP contribution in [0.4, 0.5) is 0 Å². The van der Waals surface area contributed by atoms with Crippen molar-refractivity contribution in [3.05, 3.63) is 0 Å². The number of carbonyl (C=O) groups excluding carboxylic acids is 1. The van der Waals surface area contributed by atoms with Gasteiger partial charge in [0.1, 0.15) is 5.40 Å². The minimum absolute atomic E-state index is 0.0324. The lowest BCUT2D eigenvalue weighted by Gasteiger charge is -1.84. The van der Waals surface area contributed by atoms with Crippen LogP contribution in [0.5, 0.6) is 0 Å². The summed E-state index contributed by atoms with van der Waals surface area (Å²) in [6.07, 6.45) is 1.34. The monoisotopic (exact) mass is 129 g/mol. The highest BCUT2D eigenvalue weighted by Crippen LogP contribution is 2.03. The summed E-state index contributed by atoms with van der Waals surface area (Å²) in [4.78, 5) is 10.4. The van der Waals surface area contributed by atoms with E-state index in [0.717, 1.165) is 18.2 Å². The Labute approximate surface area is 52.9 Å². The molecule has 0 aliphatic rings. The summed E-state index contributed by atoms with van der Waals surface area (Å²) >= 11 is 0.722. The smallest absolute Gasteiger partial charge is 0.203 e. The van der Waals surface area contributed by atoms with Crippen LogP contribution >= 0.6 is 11.8 Å². The zero-order valence-electron chi connectivity index (χ0n) is 4.68. The van der Waals surface area contributed by atoms with Gasteiger partial charge in [0.25, 0.3) is 0 Å². The molecule has 0 aliphatic heterocycles. The largest absolute Gasteiger partial charge is 0.286 e. The Bertz CT molecular complexity index is 116. The molecule has 0 amide bonds. The average Bonchev–Trinajstić information content (AvgIpc) is 1.68. The van der Waals surface area contributed by atoms with Crippen molar-refractivity contribution in [1.82, 2.24) is 0 Å². The van der Waals surface area contributed by atoms with E-state index in [1.54, 1.807) is 5.40 Å². The van der Waals surface area contributed by atoms with Gasteiger partial charge in [-0.2, -0.15) is 5.26 Å². The zero-order valence-corrected chi connectivity index (χ0v) is 5.49. The Kier molecular flexibility index (Phi) is 4.38. The fourth-order valence-corrected chi connectivity index (χ4v) is 0.714. The second-order valence-electron chi connectivity index (χ2n) is 1.32. The highest BCUT2D eigenvalue weighted by molar-refractivity contribution is 8.17. The summed E-state index contributed by atoms with van der Waals surface area (Å²) in [6.45, 7) is 1.91. The maximum Gasteiger partial charge on any atom is 0.203 e. The van der Waals surface area contributed by atoms with Crippen LogP contribution in [0.1, 0.15) is 19.8 Å². The van der Waals surface area contributed by atoms with Crippen LogP contribution in [0, 0.1) is 10.7 Å². The van der Waals surface area contributed by atoms with Crippen molar-refractivity contribution in [3.63, 3.8) is 0 Å². The van der Waals surface area contributed by atoms with Gasteiger partial charge in [-0.15, -0.1) is 0 Å². The van der Waals surface area contributed by atoms with Crippen LogP contribution in [-0.4, -0.2) is 5.12 Å². The molecule has 0 aromatic heterocycles. The number of hydrogen-bond acceptors (Lipinski definition) is 3. The van der Waals surface area contributed by atoms with Gasteiger partial charge in [-0.3, -0.25) is 4.79 Å². The van der Waals surface area contributed by atoms with Crippen LogP contribution in [0.2, 0.25) is 0 Å². The summed E-state index contributed by atoms with van der Waals surface area (Å²) in [5.74, 6) is 0. The lowest BCUT2D eigenvalue weighted by atomic mass is 10.4. The second-order valence-corrected chi connectivity index (χ2v) is 2.16. The molecular weight excluding hydrogens is 122 g/mol. The summed E-state index contributed by atoms with van der Waals surface area (Å²) in [6, 6.07) is 0. The van der Waals surface area contributed by atoms with Gasteiger partial charge < -0.3 is 0 Å². The maximum atomic E-state index is 10.4. The van der Waals surface area contributed by atoms with E-state index in [-0.39, 0.29) is 5.12 Å². The number of hydrogen-bond donors (Lipinski definition) is 0. The van der Waals surface area contributed by atoms with Crippen molar-refractivity contribution in [2.45, 2.75) is 19.8 Å². The molecule has 8 heavy (non-hydrogen) atoms. The summed E-state index contributed by atoms with van der Waals surface area (Å²) in [5, 5.41) is 9.64. The minimum Gasteiger partial charge on any atom is -0.286 e. The first-order chi connectivity index (χ1) is 3.81. The van der Waals surface area contributed by atoms with E-state index in [1.807, 2.05) is 6.92 Å². The van der Waals surface area contributed by atoms with E-state index in [0.29, 0.717) is 6.42 Å². The minimum atomic E-state index is -0.0324. The van der Waals surface area contributed by atoms with Gasteiger partial charge in [0.15, 0.2) is 0 Å². The SMILES string of the molecule is CCCC(=O)SC#N. The molecule has 0 saturated carbocycles. The van der Waals surface area contributed by atoms with E-state index >= 15 is 0 Å². The van der Waals surface area contributed by atoms with E-state index < -0.39 is 0 Å². The molecule has 0 unspecified atom stereocenters. The van der Waals surface area contributed by atoms with Gasteiger partial charge in [0.05, 0.1) is 0 Å². The second kappa shape index (κ2) is 4.66. The van der Waals surface area contributed by atoms with Crippen LogP contribution in [-0.2, 0) is 4.79 Å². The van der Waals surface area contributed by atoms with Crippen molar-refractivity contribution < 1.29 is 4.79 Å². The van der Waals surface area contributed by atoms with Gasteiger partial charge in [-0.25, -0.2) is 0 Å². The van der Waals surface area contributed by atoms with Gasteiger partial charge in [-0.05, 0) is 6.42 Å². The number of thioether (sulfide) groups is 1. The van der Waals surface area contributed by atoms with Crippen LogP contribution in [0.15, 0.2) is 0 Å². The molecule has 0 aromatic carbocycles. The van der Waals surface area contributed by atoms with Crippen molar-refractivity contribution in [2.24, 2.45) is 0 Å². The first-order valence-electron chi connectivity index (χ1n) is 2.40. The van der Waals surface area contributed by atoms with Crippen LogP contribution in [0.3, 0.4) is 0 Å². The number of rotatable bonds is 2. The molecule has 0 spiro atoms. The third kappa shape index (κ3) is 3.69. The lowest BCUT2D eigenvalue weighted by Crippen LogP contribution is -1.85. The highest BCUT2D eigenvalue weighted by atomic mass is 32.2. The van der Waals surface area contributed by atoms with Gasteiger partial charge in [0.2, 0.25) is 5.12 Å². The number of carbonyl (C=O) groups is 1. The van der Waals surface area contributed by atoms with Crippen molar-refractivity contribution in [1.29, 1.82) is 5.26 Å². The predicted molar refractivity (Wildman–Crippen MR) is 33.1 cm³/mol. The van der Waals surface area contributed by atoms with Gasteiger partial charge >= 0.3 is 0 Å². The first kappa shape index (κ1) is 7.51. The fourth-order valence-electron chi connectivity index (χ4n) is 0.306. The third-order valence-corrected chi connectivity index (χ3v) is 1.14. The first-order valence-corrected chi connectivity index (χ1v) is 3.21. The Morgan fingerprint density at radius 3 is 2.88 bits per heavy atom. The van der Waals surface area contributed by atoms with Crippen LogP contribution in [0.25, 0.3) is 0 Å². The lowest BCUT2D eigenvalue weighted by molar-refractivity contribution is -0.110. The molecule has 0 saturated heterocycles. The molecule has 0 N–H and O–H groups in total. The van der Waals surface area contributed by atoms with E-state index in [9.17, 15) is 4.79 Å². The molecule has 0 fully saturated rings. The number of nitrogens with zero attached hydrogens (tertiary/aromatic N) is 1. The Morgan fingerprint density at radius 2 is 2.50 bits per heavy atom. The predicted octanol–water partition coefficient (Wildman–Crippen LogP) is 1.53. The third-order valence-electron chi connectivity index (χ3n) is 0.614. The molecule has 0 atom stereocenters. The van der Waals surface area contributed by atoms with Crippen molar-refractivity contribution in [3.8, 4) is 5.40 Å². The molecule has 2 nitrogen and oxygen atoms in total. The highest BCUT2D eigenvalue weighted by Gasteiger charge is 1.96. The molecular formula is C5H7NOS. The Hall–Kier alpha value is -0.490. The average molecular weight is 129 g/mol. The summed E-state index contributed by atoms with van der Waals surface area (Å²) in [7, 11) is 0. The quantitative estimate of drug-likeness (QED) is 0.531. The van der Waals surface area contributed by atoms with E-state index in [2.05, 4.69) is 0 Å². The molecule has 3 heteroatoms. The fraction of sp³-hybridized carbons (Fsp3) is 0.600. The molecule has 0 aromatic rings. The maximum absolute atomic E-state index is 10.4. The molecule has 0 bridgehead atoms. The van der Waals surface area contributed by atoms with Crippen molar-refractivity contribution >= 4 is 16.9 Å². The molecule has 0 radical (unpaired) electrons. The molecule has 44 valence electrons. The normalized spacial score (nSPS) is 8.00. The van der Waals surface area contributed by atoms with E-state index in [1.165, 1.54) is 0 Å². The Balaban J connectivity index is 3.23. The number of nitriles is 1. The van der Waals surface area contributed by atoms with Crippen molar-refractivity contribution in [2.75, 3.05) is 0 Å². The van der Waals surface area contributed by atoms with Gasteiger partial charge in [-0.1, -0.05) is 6.92 Å². The van der Waals surface area contributed by atoms with E-state index in [4.69, 9.17) is 5.26 Å². The van der Waals surface area contributed by atoms with Crippen LogP contribution < -0.4 is 0 Å². The summed E-state index contributed by atoms with van der Waals surface area (Å²) < 4.78 is 0. The topological polar surface area (TPSA) is 40.9 Å². The zero-order chi connectivity index (χ0) is 6.41. The number of thiocyanates is 1. The Morgan fingerprint density at radius 1 is 1.88 bits per heavy atom. The molecule has 0 rings (SSSR count). The molecule has 0 aliphatic carbocycles. The standard InChI is InChI=1S/C5H7NOS/c1-2-3-5(7)8-4-6/h2-3H2,1H3. The summed E-state index contributed by atoms with van der Waals surface area (Å²) in [5.41, 5.74) is 0. The van der Waals surface area contributed by atoms with Gasteiger partial charge in [0, 0.05) is 18.2 Å².